The van der Waals surface area contributed by atoms with E-state index in [1.165, 1.54) is 10.4 Å². The number of aromatic nitrogens is 1. The Morgan fingerprint density at radius 2 is 1.66 bits per heavy atom. The number of nitrogens with zero attached hydrogens (tertiary/aromatic N) is 2. The summed E-state index contributed by atoms with van der Waals surface area (Å²) in [6.07, 6.45) is -5.08. The number of fused-ring (bicyclic) bond motifs is 1. The predicted octanol–water partition coefficient (Wildman–Crippen LogP) is 0.861. The second kappa shape index (κ2) is 9.67. The van der Waals surface area contributed by atoms with E-state index in [0.717, 1.165) is 0 Å². The largest absolute Gasteiger partial charge is 0.490 e. The van der Waals surface area contributed by atoms with Crippen molar-refractivity contribution in [1.29, 1.82) is 0 Å². The Bertz CT molecular complexity index is 1170. The highest BCUT2D eigenvalue weighted by Crippen LogP contribution is 2.22. The molecular weight excluding hydrogens is 459 g/mol. The van der Waals surface area contributed by atoms with Gasteiger partial charge in [0, 0.05) is 37.3 Å². The molecule has 10 nitrogen and oxygen atoms in total. The highest BCUT2D eigenvalue weighted by molar-refractivity contribution is 7.89. The number of H-pyrrole nitrogens is 1. The number of benzene rings is 1. The molecule has 1 aromatic heterocycles. The number of rotatable bonds is 4. The normalized spacial score (nSPS) is 15.8. The number of hydrogen-bond acceptors (Lipinski definition) is 6. The quantitative estimate of drug-likeness (QED) is 0.585. The van der Waals surface area contributed by atoms with E-state index in [1.807, 2.05) is 0 Å². The minimum atomic E-state index is -5.08. The highest BCUT2D eigenvalue weighted by Gasteiger charge is 2.38. The number of carboxylic acids is 2. The van der Waals surface area contributed by atoms with Crippen LogP contribution in [0.4, 0.5) is 13.2 Å². The van der Waals surface area contributed by atoms with E-state index in [0.29, 0.717) is 29.6 Å². The van der Waals surface area contributed by atoms with Gasteiger partial charge in [0.05, 0.1) is 11.4 Å². The van der Waals surface area contributed by atoms with Gasteiger partial charge in [-0.05, 0) is 36.6 Å². The molecule has 0 atom stereocenters. The minimum absolute atomic E-state index is 0.0868. The number of aryl methyl sites for hydroxylation is 1. The average Bonchev–Trinajstić information content (AvgIpc) is 2.68. The number of hydrogen-bond donors (Lipinski definition) is 3. The Kier molecular flexibility index (Phi) is 7.64. The molecule has 0 aliphatic carbocycles. The Morgan fingerprint density at radius 1 is 1.09 bits per heavy atom. The fourth-order valence-corrected chi connectivity index (χ4v) is 4.38. The molecule has 14 heteroatoms. The monoisotopic (exact) mass is 479 g/mol. The molecule has 0 unspecified atom stereocenters. The van der Waals surface area contributed by atoms with Crippen molar-refractivity contribution in [3.63, 3.8) is 0 Å². The lowest BCUT2D eigenvalue weighted by Crippen LogP contribution is -2.49. The molecule has 0 radical (unpaired) electrons. The van der Waals surface area contributed by atoms with Gasteiger partial charge in [0.1, 0.15) is 0 Å². The second-order valence-corrected chi connectivity index (χ2v) is 8.85. The van der Waals surface area contributed by atoms with E-state index in [1.54, 1.807) is 30.0 Å². The summed E-state index contributed by atoms with van der Waals surface area (Å²) in [6.45, 7) is 2.84. The van der Waals surface area contributed by atoms with Gasteiger partial charge in [-0.2, -0.15) is 17.5 Å². The number of pyridine rings is 1. The van der Waals surface area contributed by atoms with Gasteiger partial charge < -0.3 is 15.2 Å². The maximum Gasteiger partial charge on any atom is 0.490 e. The number of aromatic amines is 1. The molecule has 0 saturated carbocycles. The molecule has 1 aliphatic rings. The van der Waals surface area contributed by atoms with E-state index in [2.05, 4.69) is 4.98 Å². The van der Waals surface area contributed by atoms with E-state index in [9.17, 15) is 31.2 Å². The first-order valence-electron chi connectivity index (χ1n) is 9.10. The summed E-state index contributed by atoms with van der Waals surface area (Å²) < 4.78 is 58.8. The van der Waals surface area contributed by atoms with Crippen LogP contribution in [0, 0.1) is 6.92 Å². The molecule has 1 aromatic carbocycles. The number of aliphatic carboxylic acids is 2. The molecule has 3 N–H and O–H groups in total. The smallest absolute Gasteiger partial charge is 0.480 e. The summed E-state index contributed by atoms with van der Waals surface area (Å²) in [7, 11) is -3.66. The Morgan fingerprint density at radius 3 is 2.16 bits per heavy atom. The van der Waals surface area contributed by atoms with Crippen LogP contribution in [0.5, 0.6) is 0 Å². The third-order valence-corrected chi connectivity index (χ3v) is 6.47. The van der Waals surface area contributed by atoms with Crippen LogP contribution in [0.15, 0.2) is 34.0 Å². The van der Waals surface area contributed by atoms with Crippen LogP contribution < -0.4 is 5.56 Å². The molecule has 0 amide bonds. The third-order valence-electron chi connectivity index (χ3n) is 4.57. The van der Waals surface area contributed by atoms with Gasteiger partial charge in [-0.1, -0.05) is 0 Å². The number of halogens is 3. The molecule has 176 valence electrons. The number of sulfonamides is 1. The predicted molar refractivity (Wildman–Crippen MR) is 106 cm³/mol. The first-order valence-corrected chi connectivity index (χ1v) is 10.5. The maximum atomic E-state index is 12.8. The van der Waals surface area contributed by atoms with Gasteiger partial charge in [-0.15, -0.1) is 0 Å². The van der Waals surface area contributed by atoms with Gasteiger partial charge in [0.2, 0.25) is 10.0 Å². The van der Waals surface area contributed by atoms with Crippen molar-refractivity contribution in [3.05, 3.63) is 40.2 Å². The van der Waals surface area contributed by atoms with Gasteiger partial charge in [0.25, 0.3) is 5.56 Å². The van der Waals surface area contributed by atoms with Crippen molar-refractivity contribution >= 4 is 32.9 Å². The van der Waals surface area contributed by atoms with Crippen LogP contribution in [0.3, 0.4) is 0 Å². The van der Waals surface area contributed by atoms with E-state index in [4.69, 9.17) is 15.0 Å². The highest BCUT2D eigenvalue weighted by atomic mass is 32.2. The zero-order valence-electron chi connectivity index (χ0n) is 16.7. The standard InChI is InChI=1S/C16H19N3O5S.C2HF3O2/c1-11-8-12-9-13(2-3-14(12)17-16(11)22)25(23,24)19-6-4-18(5-7-19)10-15(20)21;3-2(4,5)1(6)7/h2-3,8-9H,4-7,10H2,1H3,(H,17,22)(H,20,21);(H,6,7). The van der Waals surface area contributed by atoms with Crippen LogP contribution in [0.1, 0.15) is 5.56 Å². The summed E-state index contributed by atoms with van der Waals surface area (Å²) in [5.74, 6) is -3.68. The van der Waals surface area contributed by atoms with Crippen molar-refractivity contribution in [1.82, 2.24) is 14.2 Å². The van der Waals surface area contributed by atoms with Crippen LogP contribution in [-0.2, 0) is 19.6 Å². The molecule has 32 heavy (non-hydrogen) atoms. The van der Waals surface area contributed by atoms with Crippen molar-refractivity contribution in [2.75, 3.05) is 32.7 Å². The summed E-state index contributed by atoms with van der Waals surface area (Å²) in [6, 6.07) is 6.28. The lowest BCUT2D eigenvalue weighted by atomic mass is 10.2. The summed E-state index contributed by atoms with van der Waals surface area (Å²) in [5.41, 5.74) is 0.905. The zero-order valence-corrected chi connectivity index (χ0v) is 17.5. The molecule has 0 spiro atoms. The van der Waals surface area contributed by atoms with Gasteiger partial charge in [0.15, 0.2) is 0 Å². The first-order chi connectivity index (χ1) is 14.7. The Balaban J connectivity index is 0.000000451. The number of carbonyl (C=O) groups is 2. The summed E-state index contributed by atoms with van der Waals surface area (Å²) in [5, 5.41) is 16.6. The van der Waals surface area contributed by atoms with Gasteiger partial charge in [-0.25, -0.2) is 13.2 Å². The molecule has 0 bridgehead atoms. The molecule has 2 heterocycles. The van der Waals surface area contributed by atoms with Gasteiger partial charge in [-0.3, -0.25) is 14.5 Å². The Hall–Kier alpha value is -2.97. The van der Waals surface area contributed by atoms with Gasteiger partial charge >= 0.3 is 18.1 Å². The fourth-order valence-electron chi connectivity index (χ4n) is 2.92. The van der Waals surface area contributed by atoms with Crippen molar-refractivity contribution in [2.24, 2.45) is 0 Å². The lowest BCUT2D eigenvalue weighted by Gasteiger charge is -2.33. The SMILES string of the molecule is Cc1cc2cc(S(=O)(=O)N3CCN(CC(=O)O)CC3)ccc2[nH]c1=O.O=C(O)C(F)(F)F. The second-order valence-electron chi connectivity index (χ2n) is 6.91. The summed E-state index contributed by atoms with van der Waals surface area (Å²) >= 11 is 0. The van der Waals surface area contributed by atoms with Crippen LogP contribution in [-0.4, -0.2) is 83.7 Å². The summed E-state index contributed by atoms with van der Waals surface area (Å²) in [4.78, 5) is 35.9. The first kappa shape index (κ1) is 25.3. The molecule has 1 aliphatic heterocycles. The molecular formula is C18H20F3N3O7S. The van der Waals surface area contributed by atoms with Crippen LogP contribution in [0.2, 0.25) is 0 Å². The molecule has 2 aromatic rings. The van der Waals surface area contributed by atoms with Crippen molar-refractivity contribution < 1.29 is 41.4 Å². The van der Waals surface area contributed by atoms with Crippen molar-refractivity contribution in [2.45, 2.75) is 18.0 Å². The van der Waals surface area contributed by atoms with Crippen molar-refractivity contribution in [3.8, 4) is 0 Å². The average molecular weight is 479 g/mol. The Labute approximate surface area is 179 Å². The zero-order chi connectivity index (χ0) is 24.3. The van der Waals surface area contributed by atoms with E-state index >= 15 is 0 Å². The fraction of sp³-hybridized carbons (Fsp3) is 0.389. The molecule has 3 rings (SSSR count). The van der Waals surface area contributed by atoms with E-state index in [-0.39, 0.29) is 30.1 Å². The van der Waals surface area contributed by atoms with Crippen LogP contribution >= 0.6 is 0 Å². The molecule has 1 fully saturated rings. The number of nitrogens with one attached hydrogen (secondary N) is 1. The number of carboxylic acid groups (broad SMARTS) is 2. The minimum Gasteiger partial charge on any atom is -0.480 e. The molecule has 1 saturated heterocycles. The van der Waals surface area contributed by atoms with E-state index < -0.39 is 28.1 Å². The van der Waals surface area contributed by atoms with Crippen LogP contribution in [0.25, 0.3) is 10.9 Å². The third kappa shape index (κ3) is 6.27. The number of piperazine rings is 1. The lowest BCUT2D eigenvalue weighted by molar-refractivity contribution is -0.192. The maximum absolute atomic E-state index is 12.8. The topological polar surface area (TPSA) is 148 Å². The number of alkyl halides is 3.